The number of aryl methyl sites for hydroxylation is 3. The molecule has 0 spiro atoms. The van der Waals surface area contributed by atoms with Crippen LogP contribution in [-0.4, -0.2) is 4.57 Å². The Balaban J connectivity index is 0.000000371. The Bertz CT molecular complexity index is 167. The van der Waals surface area contributed by atoms with Gasteiger partial charge in [-0.25, -0.2) is 0 Å². The van der Waals surface area contributed by atoms with Gasteiger partial charge in [0.15, 0.2) is 0 Å². The Hall–Kier alpha value is -0.720. The van der Waals surface area contributed by atoms with E-state index in [1.165, 1.54) is 11.1 Å². The molecular formula is C9H17N. The molecule has 0 saturated carbocycles. The van der Waals surface area contributed by atoms with Gasteiger partial charge in [0.05, 0.1) is 0 Å². The van der Waals surface area contributed by atoms with Gasteiger partial charge in [-0.15, -0.1) is 0 Å². The molecule has 0 fully saturated rings. The summed E-state index contributed by atoms with van der Waals surface area (Å²) >= 11 is 0. The van der Waals surface area contributed by atoms with Crippen molar-refractivity contribution in [2.24, 2.45) is 7.05 Å². The summed E-state index contributed by atoms with van der Waals surface area (Å²) < 4.78 is 2.07. The summed E-state index contributed by atoms with van der Waals surface area (Å²) in [5, 5.41) is 0. The zero-order valence-corrected chi connectivity index (χ0v) is 7.60. The van der Waals surface area contributed by atoms with E-state index in [1.54, 1.807) is 0 Å². The minimum Gasteiger partial charge on any atom is -0.357 e. The predicted molar refractivity (Wildman–Crippen MR) is 46.2 cm³/mol. The zero-order valence-electron chi connectivity index (χ0n) is 7.60. The van der Waals surface area contributed by atoms with Crippen molar-refractivity contribution in [3.05, 3.63) is 23.5 Å². The van der Waals surface area contributed by atoms with Crippen LogP contribution in [0.15, 0.2) is 12.4 Å². The largest absolute Gasteiger partial charge is 0.357 e. The molecule has 10 heavy (non-hydrogen) atoms. The lowest BCUT2D eigenvalue weighted by Crippen LogP contribution is -1.76. The maximum atomic E-state index is 2.12. The molecule has 0 aliphatic carbocycles. The van der Waals surface area contributed by atoms with Gasteiger partial charge in [-0.1, -0.05) is 13.8 Å². The van der Waals surface area contributed by atoms with Crippen LogP contribution in [0, 0.1) is 13.8 Å². The molecule has 0 atom stereocenters. The number of hydrogen-bond acceptors (Lipinski definition) is 0. The van der Waals surface area contributed by atoms with Gasteiger partial charge in [-0.3, -0.25) is 0 Å². The molecule has 1 rings (SSSR count). The quantitative estimate of drug-likeness (QED) is 0.520. The number of aromatic nitrogens is 1. The lowest BCUT2D eigenvalue weighted by atomic mass is 10.2. The van der Waals surface area contributed by atoms with E-state index in [1.807, 2.05) is 20.9 Å². The lowest BCUT2D eigenvalue weighted by Gasteiger charge is -1.81. The summed E-state index contributed by atoms with van der Waals surface area (Å²) in [6, 6.07) is 0. The van der Waals surface area contributed by atoms with Gasteiger partial charge < -0.3 is 4.57 Å². The SMILES string of the molecule is CC.Cc1cn(C)cc1C. The van der Waals surface area contributed by atoms with Crippen LogP contribution in [0.2, 0.25) is 0 Å². The Morgan fingerprint density at radius 2 is 1.30 bits per heavy atom. The Kier molecular flexibility index (Phi) is 3.85. The number of nitrogens with zero attached hydrogens (tertiary/aromatic N) is 1. The smallest absolute Gasteiger partial charge is 0.0106 e. The van der Waals surface area contributed by atoms with Gasteiger partial charge in [-0.05, 0) is 25.0 Å². The van der Waals surface area contributed by atoms with Crippen molar-refractivity contribution in [3.8, 4) is 0 Å². The first-order valence-corrected chi connectivity index (χ1v) is 3.79. The molecule has 0 N–H and O–H groups in total. The molecule has 0 unspecified atom stereocenters. The Morgan fingerprint density at radius 1 is 1.00 bits per heavy atom. The van der Waals surface area contributed by atoms with E-state index >= 15 is 0 Å². The maximum Gasteiger partial charge on any atom is 0.0106 e. The molecule has 1 heterocycles. The van der Waals surface area contributed by atoms with Gasteiger partial charge in [0, 0.05) is 19.4 Å². The topological polar surface area (TPSA) is 4.93 Å². The van der Waals surface area contributed by atoms with Crippen LogP contribution in [0.3, 0.4) is 0 Å². The van der Waals surface area contributed by atoms with Gasteiger partial charge in [-0.2, -0.15) is 0 Å². The zero-order chi connectivity index (χ0) is 8.15. The number of rotatable bonds is 0. The van der Waals surface area contributed by atoms with Crippen molar-refractivity contribution in [1.82, 2.24) is 4.57 Å². The normalized spacial score (nSPS) is 8.50. The fourth-order valence-electron chi connectivity index (χ4n) is 0.852. The standard InChI is InChI=1S/C7H11N.C2H6/c1-6-4-8(3)5-7(6)2;1-2/h4-5H,1-3H3;1-2H3. The summed E-state index contributed by atoms with van der Waals surface area (Å²) in [6.45, 7) is 8.24. The minimum atomic E-state index is 1.37. The fourth-order valence-corrected chi connectivity index (χ4v) is 0.852. The van der Waals surface area contributed by atoms with E-state index in [2.05, 4.69) is 30.8 Å². The van der Waals surface area contributed by atoms with Crippen molar-refractivity contribution in [2.45, 2.75) is 27.7 Å². The van der Waals surface area contributed by atoms with Crippen LogP contribution in [0.5, 0.6) is 0 Å². The molecule has 0 aliphatic heterocycles. The molecule has 0 radical (unpaired) electrons. The van der Waals surface area contributed by atoms with Gasteiger partial charge >= 0.3 is 0 Å². The molecule has 0 aromatic carbocycles. The van der Waals surface area contributed by atoms with Gasteiger partial charge in [0.25, 0.3) is 0 Å². The summed E-state index contributed by atoms with van der Waals surface area (Å²) in [7, 11) is 2.04. The van der Waals surface area contributed by atoms with Crippen molar-refractivity contribution in [1.29, 1.82) is 0 Å². The van der Waals surface area contributed by atoms with E-state index in [9.17, 15) is 0 Å². The van der Waals surface area contributed by atoms with E-state index < -0.39 is 0 Å². The maximum absolute atomic E-state index is 2.12. The number of hydrogen-bond donors (Lipinski definition) is 0. The molecule has 58 valence electrons. The molecule has 1 aromatic rings. The lowest BCUT2D eigenvalue weighted by molar-refractivity contribution is 0.922. The van der Waals surface area contributed by atoms with Crippen molar-refractivity contribution < 1.29 is 0 Å². The third kappa shape index (κ3) is 2.26. The van der Waals surface area contributed by atoms with E-state index in [4.69, 9.17) is 0 Å². The summed E-state index contributed by atoms with van der Waals surface area (Å²) in [5.74, 6) is 0. The second-order valence-corrected chi connectivity index (χ2v) is 2.29. The first-order chi connectivity index (χ1) is 4.70. The highest BCUT2D eigenvalue weighted by molar-refractivity contribution is 5.19. The molecule has 1 heteroatoms. The average Bonchev–Trinajstić information content (AvgIpc) is 2.16. The molecule has 1 aromatic heterocycles. The molecule has 0 aliphatic rings. The summed E-state index contributed by atoms with van der Waals surface area (Å²) in [4.78, 5) is 0. The second-order valence-electron chi connectivity index (χ2n) is 2.29. The van der Waals surface area contributed by atoms with Gasteiger partial charge in [0.1, 0.15) is 0 Å². The summed E-state index contributed by atoms with van der Waals surface area (Å²) in [6.07, 6.45) is 4.24. The average molecular weight is 139 g/mol. The van der Waals surface area contributed by atoms with Crippen LogP contribution in [0.1, 0.15) is 25.0 Å². The molecule has 0 amide bonds. The van der Waals surface area contributed by atoms with Crippen LogP contribution < -0.4 is 0 Å². The first kappa shape index (κ1) is 9.28. The van der Waals surface area contributed by atoms with Crippen LogP contribution in [0.25, 0.3) is 0 Å². The van der Waals surface area contributed by atoms with E-state index in [-0.39, 0.29) is 0 Å². The minimum absolute atomic E-state index is 1.37. The highest BCUT2D eigenvalue weighted by Gasteiger charge is 1.90. The van der Waals surface area contributed by atoms with E-state index in [0.29, 0.717) is 0 Å². The Morgan fingerprint density at radius 3 is 1.40 bits per heavy atom. The van der Waals surface area contributed by atoms with E-state index in [0.717, 1.165) is 0 Å². The Labute approximate surface area is 63.7 Å². The molecule has 0 bridgehead atoms. The fraction of sp³-hybridized carbons (Fsp3) is 0.556. The van der Waals surface area contributed by atoms with Crippen LogP contribution in [-0.2, 0) is 7.05 Å². The summed E-state index contributed by atoms with van der Waals surface area (Å²) in [5.41, 5.74) is 2.74. The predicted octanol–water partition coefficient (Wildman–Crippen LogP) is 2.67. The van der Waals surface area contributed by atoms with Crippen molar-refractivity contribution in [3.63, 3.8) is 0 Å². The van der Waals surface area contributed by atoms with Crippen molar-refractivity contribution >= 4 is 0 Å². The van der Waals surface area contributed by atoms with Gasteiger partial charge in [0.2, 0.25) is 0 Å². The monoisotopic (exact) mass is 139 g/mol. The first-order valence-electron chi connectivity index (χ1n) is 3.79. The van der Waals surface area contributed by atoms with Crippen molar-refractivity contribution in [2.75, 3.05) is 0 Å². The highest BCUT2D eigenvalue weighted by atomic mass is 14.9. The second kappa shape index (κ2) is 4.15. The van der Waals surface area contributed by atoms with Crippen LogP contribution in [0.4, 0.5) is 0 Å². The molecule has 0 saturated heterocycles. The highest BCUT2D eigenvalue weighted by Crippen LogP contribution is 2.04. The molecular weight excluding hydrogens is 122 g/mol. The third-order valence-corrected chi connectivity index (χ3v) is 1.42. The van der Waals surface area contributed by atoms with Crippen LogP contribution >= 0.6 is 0 Å². The molecule has 1 nitrogen and oxygen atoms in total. The third-order valence-electron chi connectivity index (χ3n) is 1.42.